The molecule has 2 rings (SSSR count). The lowest BCUT2D eigenvalue weighted by Gasteiger charge is -2.60. The molecule has 0 spiro atoms. The minimum Gasteiger partial charge on any atom is -0.343 e. The molecule has 1 heterocycles. The summed E-state index contributed by atoms with van der Waals surface area (Å²) in [6, 6.07) is 12.4. The van der Waals surface area contributed by atoms with Crippen LogP contribution in [-0.2, 0) is 0 Å². The summed E-state index contributed by atoms with van der Waals surface area (Å²) < 4.78 is 0. The van der Waals surface area contributed by atoms with Gasteiger partial charge < -0.3 is 9.62 Å². The Morgan fingerprint density at radius 1 is 0.833 bits per heavy atom. The molecule has 0 amide bonds. The summed E-state index contributed by atoms with van der Waals surface area (Å²) >= 11 is 0. The molecule has 24 heavy (non-hydrogen) atoms. The predicted molar refractivity (Wildman–Crippen MR) is 114 cm³/mol. The normalized spacial score (nSPS) is 22.0. The molecule has 1 aliphatic heterocycles. The quantitative estimate of drug-likeness (QED) is 0.711. The standard InChI is InChI=1S/C19H36B2N2Si/c1-15(2)22(5)20-18(17-13-11-10-12-14-17)21(23(6)16(3)4)19(20)24(7,8)9/h10-16,18-19H,1-9H3. The van der Waals surface area contributed by atoms with Gasteiger partial charge >= 0.3 is 0 Å². The van der Waals surface area contributed by atoms with Crippen molar-refractivity contribution in [2.45, 2.75) is 70.5 Å². The highest BCUT2D eigenvalue weighted by Gasteiger charge is 2.63. The van der Waals surface area contributed by atoms with Crippen LogP contribution in [0.25, 0.3) is 0 Å². The van der Waals surface area contributed by atoms with Crippen molar-refractivity contribution in [2.24, 2.45) is 0 Å². The molecule has 1 aromatic carbocycles. The first-order valence-corrected chi connectivity index (χ1v) is 13.1. The zero-order valence-corrected chi connectivity index (χ0v) is 18.2. The van der Waals surface area contributed by atoms with Crippen LogP contribution in [0.5, 0.6) is 0 Å². The largest absolute Gasteiger partial charge is 0.343 e. The fourth-order valence-corrected chi connectivity index (χ4v) is 7.44. The van der Waals surface area contributed by atoms with E-state index in [1.165, 1.54) is 5.56 Å². The van der Waals surface area contributed by atoms with E-state index in [0.717, 1.165) is 5.34 Å². The lowest BCUT2D eigenvalue weighted by molar-refractivity contribution is 0.393. The third kappa shape index (κ3) is 3.68. The molecule has 0 aromatic heterocycles. The zero-order chi connectivity index (χ0) is 18.2. The molecular weight excluding hydrogens is 306 g/mol. The van der Waals surface area contributed by atoms with Gasteiger partial charge in [0.05, 0.1) is 0 Å². The van der Waals surface area contributed by atoms with E-state index in [2.05, 4.69) is 101 Å². The Labute approximate surface area is 152 Å². The van der Waals surface area contributed by atoms with E-state index in [-0.39, 0.29) is 0 Å². The Bertz CT molecular complexity index is 508. The van der Waals surface area contributed by atoms with Gasteiger partial charge in [-0.15, -0.1) is 0 Å². The van der Waals surface area contributed by atoms with Gasteiger partial charge in [-0.25, -0.2) is 0 Å². The fourth-order valence-electron chi connectivity index (χ4n) is 4.50. The first kappa shape index (κ1) is 19.8. The Kier molecular flexibility index (Phi) is 6.10. The van der Waals surface area contributed by atoms with Crippen LogP contribution in [0, 0.1) is 0 Å². The van der Waals surface area contributed by atoms with Crippen LogP contribution in [-0.4, -0.2) is 57.6 Å². The van der Waals surface area contributed by atoms with E-state index in [1.807, 2.05) is 0 Å². The molecule has 0 bridgehead atoms. The minimum atomic E-state index is -1.28. The van der Waals surface area contributed by atoms with Gasteiger partial charge in [-0.1, -0.05) is 88.6 Å². The van der Waals surface area contributed by atoms with E-state index in [0.29, 0.717) is 31.5 Å². The molecular formula is C19H36B2N2Si. The average Bonchev–Trinajstić information content (AvgIpc) is 2.45. The number of hydrogen-bond acceptors (Lipinski definition) is 2. The summed E-state index contributed by atoms with van der Waals surface area (Å²) in [4.78, 5) is 5.29. The topological polar surface area (TPSA) is 6.48 Å². The molecule has 5 heteroatoms. The first-order chi connectivity index (χ1) is 11.1. The SMILES string of the molecule is CC(C)N(C)B1C(c2ccccc2)B(N(C)C(C)C)C1[Si](C)(C)C. The minimum absolute atomic E-state index is 0.588. The van der Waals surface area contributed by atoms with Gasteiger partial charge in [-0.05, 0) is 31.9 Å². The second-order valence-corrected chi connectivity index (χ2v) is 14.7. The van der Waals surface area contributed by atoms with Gasteiger partial charge in [0.15, 0.2) is 0 Å². The van der Waals surface area contributed by atoms with Gasteiger partial charge in [0, 0.05) is 8.07 Å². The maximum atomic E-state index is 2.64. The highest BCUT2D eigenvalue weighted by Crippen LogP contribution is 2.50. The van der Waals surface area contributed by atoms with E-state index in [1.54, 1.807) is 0 Å². The molecule has 1 aliphatic rings. The van der Waals surface area contributed by atoms with E-state index in [4.69, 9.17) is 0 Å². The molecule has 1 saturated heterocycles. The van der Waals surface area contributed by atoms with Crippen LogP contribution in [0.3, 0.4) is 0 Å². The zero-order valence-electron chi connectivity index (χ0n) is 17.2. The van der Waals surface area contributed by atoms with E-state index in [9.17, 15) is 0 Å². The Hall–Kier alpha value is -0.513. The van der Waals surface area contributed by atoms with Crippen LogP contribution in [0.4, 0.5) is 0 Å². The van der Waals surface area contributed by atoms with Crippen LogP contribution in [0.15, 0.2) is 30.3 Å². The molecule has 0 saturated carbocycles. The van der Waals surface area contributed by atoms with Crippen molar-refractivity contribution in [3.05, 3.63) is 35.9 Å². The van der Waals surface area contributed by atoms with Crippen molar-refractivity contribution in [3.8, 4) is 0 Å². The average molecular weight is 342 g/mol. The summed E-state index contributed by atoms with van der Waals surface area (Å²) in [7, 11) is 3.40. The molecule has 0 aliphatic carbocycles. The Morgan fingerprint density at radius 2 is 1.25 bits per heavy atom. The second-order valence-electron chi connectivity index (χ2n) is 9.33. The number of nitrogens with zero attached hydrogens (tertiary/aromatic N) is 2. The summed E-state index contributed by atoms with van der Waals surface area (Å²) in [5.41, 5.74) is 2.13. The maximum absolute atomic E-state index is 2.64. The molecule has 2 nitrogen and oxygen atoms in total. The smallest absolute Gasteiger partial charge is 0.219 e. The summed E-state index contributed by atoms with van der Waals surface area (Å²) in [6.45, 7) is 18.3. The number of benzene rings is 1. The molecule has 1 aromatic rings. The Balaban J connectivity index is 2.48. The van der Waals surface area contributed by atoms with Crippen LogP contribution < -0.4 is 0 Å². The summed E-state index contributed by atoms with van der Waals surface area (Å²) in [6.07, 6.45) is 0. The predicted octanol–water partition coefficient (Wildman–Crippen LogP) is 4.31. The van der Waals surface area contributed by atoms with Crippen molar-refractivity contribution < 1.29 is 0 Å². The van der Waals surface area contributed by atoms with E-state index >= 15 is 0 Å². The van der Waals surface area contributed by atoms with Crippen LogP contribution in [0.2, 0.25) is 25.0 Å². The lowest BCUT2D eigenvalue weighted by atomic mass is 9.08. The molecule has 0 unspecified atom stereocenters. The first-order valence-electron chi connectivity index (χ1n) is 9.56. The number of hydrogen-bond donors (Lipinski definition) is 0. The highest BCUT2D eigenvalue weighted by atomic mass is 28.3. The van der Waals surface area contributed by atoms with Crippen LogP contribution >= 0.6 is 0 Å². The highest BCUT2D eigenvalue weighted by molar-refractivity contribution is 7.12. The molecule has 0 N–H and O–H groups in total. The van der Waals surface area contributed by atoms with Crippen molar-refractivity contribution in [2.75, 3.05) is 14.1 Å². The van der Waals surface area contributed by atoms with Gasteiger partial charge in [0.1, 0.15) is 0 Å². The molecule has 0 radical (unpaired) electrons. The van der Waals surface area contributed by atoms with Gasteiger partial charge in [-0.3, -0.25) is 0 Å². The second kappa shape index (κ2) is 7.39. The third-order valence-corrected chi connectivity index (χ3v) is 8.91. The monoisotopic (exact) mass is 342 g/mol. The van der Waals surface area contributed by atoms with Crippen molar-refractivity contribution in [3.63, 3.8) is 0 Å². The van der Waals surface area contributed by atoms with Crippen LogP contribution in [0.1, 0.15) is 39.0 Å². The molecule has 0 atom stereocenters. The molecule has 132 valence electrons. The third-order valence-electron chi connectivity index (χ3n) is 6.23. The van der Waals surface area contributed by atoms with Gasteiger partial charge in [0.2, 0.25) is 13.7 Å². The van der Waals surface area contributed by atoms with Gasteiger partial charge in [0.25, 0.3) is 0 Å². The molecule has 1 fully saturated rings. The van der Waals surface area contributed by atoms with E-state index < -0.39 is 8.07 Å². The van der Waals surface area contributed by atoms with Crippen molar-refractivity contribution in [1.82, 2.24) is 9.62 Å². The summed E-state index contributed by atoms with van der Waals surface area (Å²) in [5, 5.41) is 0.808. The van der Waals surface area contributed by atoms with Gasteiger partial charge in [-0.2, -0.15) is 0 Å². The Morgan fingerprint density at radius 3 is 1.58 bits per heavy atom. The summed E-state index contributed by atoms with van der Waals surface area (Å²) in [5.74, 6) is 0. The lowest BCUT2D eigenvalue weighted by Crippen LogP contribution is -2.75. The van der Waals surface area contributed by atoms with Crippen molar-refractivity contribution in [1.29, 1.82) is 0 Å². The number of rotatable bonds is 6. The fraction of sp³-hybridized carbons (Fsp3) is 0.684. The maximum Gasteiger partial charge on any atom is 0.219 e. The van der Waals surface area contributed by atoms with Crippen molar-refractivity contribution >= 4 is 21.8 Å².